The lowest BCUT2D eigenvalue weighted by Crippen LogP contribution is -2.06. The van der Waals surface area contributed by atoms with Gasteiger partial charge in [0.05, 0.1) is 24.6 Å². The first-order valence-corrected chi connectivity index (χ1v) is 5.44. The number of rotatable bonds is 3. The highest BCUT2D eigenvalue weighted by Gasteiger charge is 2.16. The summed E-state index contributed by atoms with van der Waals surface area (Å²) in [6.07, 6.45) is 1.28. The Hall–Kier alpha value is -2.41. The fourth-order valence-corrected chi connectivity index (χ4v) is 1.63. The van der Waals surface area contributed by atoms with Crippen molar-refractivity contribution < 1.29 is 19.4 Å². The predicted molar refractivity (Wildman–Crippen MR) is 64.7 cm³/mol. The second-order valence-electron chi connectivity index (χ2n) is 3.51. The number of hydrogen-bond donors (Lipinski definition) is 1. The Morgan fingerprint density at radius 3 is 2.79 bits per heavy atom. The SMILES string of the molecule is COC(=O)c1cn(-c2ccc(Cl)cc2C(=O)O)nn1. The lowest BCUT2D eigenvalue weighted by atomic mass is 10.2. The van der Waals surface area contributed by atoms with Gasteiger partial charge < -0.3 is 9.84 Å². The quantitative estimate of drug-likeness (QED) is 0.855. The third-order valence-electron chi connectivity index (χ3n) is 2.32. The van der Waals surface area contributed by atoms with E-state index in [0.29, 0.717) is 0 Å². The van der Waals surface area contributed by atoms with E-state index in [0.717, 1.165) is 0 Å². The van der Waals surface area contributed by atoms with E-state index in [4.69, 9.17) is 16.7 Å². The van der Waals surface area contributed by atoms with Crippen LogP contribution in [0.2, 0.25) is 5.02 Å². The fourth-order valence-electron chi connectivity index (χ4n) is 1.46. The van der Waals surface area contributed by atoms with Gasteiger partial charge in [0.2, 0.25) is 0 Å². The maximum atomic E-state index is 11.3. The summed E-state index contributed by atoms with van der Waals surface area (Å²) in [6, 6.07) is 4.28. The number of carbonyl (C=O) groups excluding carboxylic acids is 1. The Labute approximate surface area is 112 Å². The number of ether oxygens (including phenoxy) is 1. The van der Waals surface area contributed by atoms with Gasteiger partial charge in [0.25, 0.3) is 0 Å². The molecule has 1 heterocycles. The lowest BCUT2D eigenvalue weighted by molar-refractivity contribution is 0.0593. The van der Waals surface area contributed by atoms with Crippen molar-refractivity contribution in [3.05, 3.63) is 40.7 Å². The number of nitrogens with zero attached hydrogens (tertiary/aromatic N) is 3. The summed E-state index contributed by atoms with van der Waals surface area (Å²) in [5, 5.41) is 16.7. The van der Waals surface area contributed by atoms with Gasteiger partial charge in [-0.1, -0.05) is 16.8 Å². The van der Waals surface area contributed by atoms with E-state index in [1.54, 1.807) is 0 Å². The Balaban J connectivity index is 2.50. The molecule has 1 aromatic heterocycles. The van der Waals surface area contributed by atoms with Crippen molar-refractivity contribution in [1.29, 1.82) is 0 Å². The number of aromatic carboxylic acids is 1. The van der Waals surface area contributed by atoms with Crippen LogP contribution in [0, 0.1) is 0 Å². The van der Waals surface area contributed by atoms with Gasteiger partial charge in [0.15, 0.2) is 5.69 Å². The molecular weight excluding hydrogens is 274 g/mol. The molecule has 8 heteroatoms. The van der Waals surface area contributed by atoms with E-state index in [-0.39, 0.29) is 22.0 Å². The van der Waals surface area contributed by atoms with E-state index in [9.17, 15) is 9.59 Å². The topological polar surface area (TPSA) is 94.3 Å². The van der Waals surface area contributed by atoms with Gasteiger partial charge in [0, 0.05) is 5.02 Å². The van der Waals surface area contributed by atoms with Crippen LogP contribution in [-0.2, 0) is 4.74 Å². The molecule has 0 spiro atoms. The first kappa shape index (κ1) is 13.0. The van der Waals surface area contributed by atoms with Gasteiger partial charge in [-0.3, -0.25) is 0 Å². The molecule has 2 rings (SSSR count). The third-order valence-corrected chi connectivity index (χ3v) is 2.56. The normalized spacial score (nSPS) is 10.2. The molecule has 1 aromatic carbocycles. The molecule has 1 N–H and O–H groups in total. The van der Waals surface area contributed by atoms with Gasteiger partial charge in [-0.15, -0.1) is 5.10 Å². The summed E-state index contributed by atoms with van der Waals surface area (Å²) >= 11 is 5.74. The summed E-state index contributed by atoms with van der Waals surface area (Å²) in [4.78, 5) is 22.4. The van der Waals surface area contributed by atoms with Gasteiger partial charge in [-0.05, 0) is 18.2 Å². The van der Waals surface area contributed by atoms with Crippen LogP contribution in [0.3, 0.4) is 0 Å². The fraction of sp³-hybridized carbons (Fsp3) is 0.0909. The van der Waals surface area contributed by atoms with Gasteiger partial charge in [-0.25, -0.2) is 14.3 Å². The van der Waals surface area contributed by atoms with Crippen molar-refractivity contribution in [2.75, 3.05) is 7.11 Å². The summed E-state index contributed by atoms with van der Waals surface area (Å²) in [5.41, 5.74) is 0.183. The van der Waals surface area contributed by atoms with Crippen molar-refractivity contribution in [3.63, 3.8) is 0 Å². The standard InChI is InChI=1S/C11H8ClN3O4/c1-19-11(18)8-5-15(14-13-8)9-3-2-6(12)4-7(9)10(16)17/h2-5H,1H3,(H,16,17). The molecule has 0 saturated carbocycles. The maximum absolute atomic E-state index is 11.3. The van der Waals surface area contributed by atoms with Crippen molar-refractivity contribution in [2.45, 2.75) is 0 Å². The molecule has 0 aliphatic carbocycles. The number of aromatic nitrogens is 3. The number of esters is 1. The summed E-state index contributed by atoms with van der Waals surface area (Å²) in [7, 11) is 1.21. The van der Waals surface area contributed by atoms with Crippen LogP contribution in [0.4, 0.5) is 0 Å². The molecule has 98 valence electrons. The van der Waals surface area contributed by atoms with Crippen LogP contribution in [0.15, 0.2) is 24.4 Å². The Morgan fingerprint density at radius 1 is 1.42 bits per heavy atom. The minimum Gasteiger partial charge on any atom is -0.478 e. The van der Waals surface area contributed by atoms with Gasteiger partial charge >= 0.3 is 11.9 Å². The van der Waals surface area contributed by atoms with Crippen LogP contribution >= 0.6 is 11.6 Å². The molecule has 0 amide bonds. The molecule has 0 atom stereocenters. The highest BCUT2D eigenvalue weighted by Crippen LogP contribution is 2.19. The van der Waals surface area contributed by atoms with Crippen LogP contribution < -0.4 is 0 Å². The van der Waals surface area contributed by atoms with E-state index >= 15 is 0 Å². The first-order chi connectivity index (χ1) is 9.02. The predicted octanol–water partition coefficient (Wildman–Crippen LogP) is 1.41. The van der Waals surface area contributed by atoms with Gasteiger partial charge in [-0.2, -0.15) is 0 Å². The molecule has 0 radical (unpaired) electrons. The average molecular weight is 282 g/mol. The molecular formula is C11H8ClN3O4. The van der Waals surface area contributed by atoms with E-state index in [1.165, 1.54) is 36.2 Å². The lowest BCUT2D eigenvalue weighted by Gasteiger charge is -2.05. The minimum absolute atomic E-state index is 0.0196. The van der Waals surface area contributed by atoms with E-state index < -0.39 is 11.9 Å². The molecule has 0 aliphatic rings. The highest BCUT2D eigenvalue weighted by atomic mass is 35.5. The summed E-state index contributed by atoms with van der Waals surface area (Å²) < 4.78 is 5.66. The Kier molecular flexibility index (Phi) is 3.48. The Bertz CT molecular complexity index is 653. The van der Waals surface area contributed by atoms with Crippen LogP contribution in [0.1, 0.15) is 20.8 Å². The summed E-state index contributed by atoms with van der Waals surface area (Å²) in [6.45, 7) is 0. The van der Waals surface area contributed by atoms with E-state index in [2.05, 4.69) is 15.0 Å². The van der Waals surface area contributed by atoms with Crippen LogP contribution in [0.5, 0.6) is 0 Å². The number of hydrogen-bond acceptors (Lipinski definition) is 5. The monoisotopic (exact) mass is 281 g/mol. The third kappa shape index (κ3) is 2.55. The number of halogens is 1. The Morgan fingerprint density at radius 2 is 2.16 bits per heavy atom. The number of methoxy groups -OCH3 is 1. The number of carboxylic acid groups (broad SMARTS) is 1. The highest BCUT2D eigenvalue weighted by molar-refractivity contribution is 6.31. The zero-order chi connectivity index (χ0) is 14.0. The van der Waals surface area contributed by atoms with Crippen molar-refractivity contribution in [3.8, 4) is 5.69 Å². The number of benzene rings is 1. The zero-order valence-electron chi connectivity index (χ0n) is 9.70. The van der Waals surface area contributed by atoms with Crippen molar-refractivity contribution >= 4 is 23.5 Å². The zero-order valence-corrected chi connectivity index (χ0v) is 10.5. The molecule has 0 unspecified atom stereocenters. The molecule has 2 aromatic rings. The molecule has 0 bridgehead atoms. The molecule has 0 fully saturated rings. The van der Waals surface area contributed by atoms with Crippen molar-refractivity contribution in [1.82, 2.24) is 15.0 Å². The smallest absolute Gasteiger partial charge is 0.360 e. The largest absolute Gasteiger partial charge is 0.478 e. The van der Waals surface area contributed by atoms with Crippen LogP contribution in [0.25, 0.3) is 5.69 Å². The molecule has 0 aliphatic heterocycles. The average Bonchev–Trinajstić information content (AvgIpc) is 2.87. The minimum atomic E-state index is -1.16. The number of carboxylic acids is 1. The van der Waals surface area contributed by atoms with E-state index in [1.807, 2.05) is 0 Å². The van der Waals surface area contributed by atoms with Gasteiger partial charge in [0.1, 0.15) is 0 Å². The van der Waals surface area contributed by atoms with Crippen LogP contribution in [-0.4, -0.2) is 39.1 Å². The van der Waals surface area contributed by atoms with Crippen molar-refractivity contribution in [2.24, 2.45) is 0 Å². The molecule has 7 nitrogen and oxygen atoms in total. The second kappa shape index (κ2) is 5.07. The molecule has 19 heavy (non-hydrogen) atoms. The second-order valence-corrected chi connectivity index (χ2v) is 3.94. The molecule has 0 saturated heterocycles. The maximum Gasteiger partial charge on any atom is 0.360 e. The summed E-state index contributed by atoms with van der Waals surface area (Å²) in [5.74, 6) is -1.82. The number of carbonyl (C=O) groups is 2. The first-order valence-electron chi connectivity index (χ1n) is 5.07.